The van der Waals surface area contributed by atoms with E-state index in [9.17, 15) is 28.0 Å². The molecule has 0 unspecified atom stereocenters. The number of carbonyl (C=O) groups excluding carboxylic acids is 4. The average molecular weight is 453 g/mol. The van der Waals surface area contributed by atoms with Crippen LogP contribution in [0.2, 0.25) is 5.02 Å². The van der Waals surface area contributed by atoms with Gasteiger partial charge in [0, 0.05) is 11.8 Å². The molecule has 162 valence electrons. The zero-order valence-electron chi connectivity index (χ0n) is 16.1. The molecule has 0 heterocycles. The van der Waals surface area contributed by atoms with Gasteiger partial charge in [-0.2, -0.15) is 0 Å². The van der Waals surface area contributed by atoms with E-state index in [1.165, 1.54) is 38.5 Å². The van der Waals surface area contributed by atoms with Gasteiger partial charge in [0.1, 0.15) is 0 Å². The first-order valence-electron chi connectivity index (χ1n) is 8.41. The standard InChI is InChI=1S/C20H15ClF2N2O6/c1-30-17(26)6-4-10-7-11(19(28)31-2)3-5-16(10)24-20(29)25-18(27)12-8-14(22)15(23)9-13(12)21/h3-9H,1-2H3,(H2,24,25,27,29)/b6-4+. The summed E-state index contributed by atoms with van der Waals surface area (Å²) in [6, 6.07) is 4.11. The van der Waals surface area contributed by atoms with Crippen LogP contribution in [0.15, 0.2) is 36.4 Å². The zero-order valence-corrected chi connectivity index (χ0v) is 16.9. The highest BCUT2D eigenvalue weighted by Crippen LogP contribution is 2.22. The van der Waals surface area contributed by atoms with Gasteiger partial charge in [0.2, 0.25) is 0 Å². The van der Waals surface area contributed by atoms with Crippen molar-refractivity contribution >= 4 is 47.2 Å². The Morgan fingerprint density at radius 1 is 1.00 bits per heavy atom. The van der Waals surface area contributed by atoms with Crippen molar-refractivity contribution in [3.8, 4) is 0 Å². The maximum absolute atomic E-state index is 13.4. The van der Waals surface area contributed by atoms with Crippen LogP contribution in [0.1, 0.15) is 26.3 Å². The Morgan fingerprint density at radius 2 is 1.68 bits per heavy atom. The maximum atomic E-state index is 13.4. The normalized spacial score (nSPS) is 10.5. The molecule has 0 aliphatic rings. The van der Waals surface area contributed by atoms with Gasteiger partial charge in [0.05, 0.1) is 30.4 Å². The predicted octanol–water partition coefficient (Wildman–Crippen LogP) is 3.55. The van der Waals surface area contributed by atoms with Crippen LogP contribution in [0.4, 0.5) is 19.3 Å². The minimum absolute atomic E-state index is 0.106. The van der Waals surface area contributed by atoms with Crippen molar-refractivity contribution in [2.75, 3.05) is 19.5 Å². The molecule has 2 rings (SSSR count). The predicted molar refractivity (Wildman–Crippen MR) is 107 cm³/mol. The van der Waals surface area contributed by atoms with Crippen LogP contribution in [-0.2, 0) is 14.3 Å². The van der Waals surface area contributed by atoms with Crippen LogP contribution in [0.3, 0.4) is 0 Å². The molecule has 11 heteroatoms. The summed E-state index contributed by atoms with van der Waals surface area (Å²) in [7, 11) is 2.35. The van der Waals surface area contributed by atoms with Crippen molar-refractivity contribution in [2.45, 2.75) is 0 Å². The average Bonchev–Trinajstić information content (AvgIpc) is 2.74. The summed E-state index contributed by atoms with van der Waals surface area (Å²) in [6.45, 7) is 0. The van der Waals surface area contributed by atoms with E-state index in [1.807, 2.05) is 5.32 Å². The van der Waals surface area contributed by atoms with Crippen molar-refractivity contribution in [2.24, 2.45) is 0 Å². The number of benzene rings is 2. The largest absolute Gasteiger partial charge is 0.466 e. The van der Waals surface area contributed by atoms with E-state index in [1.54, 1.807) is 0 Å². The molecule has 0 radical (unpaired) electrons. The number of carbonyl (C=O) groups is 4. The third-order valence-corrected chi connectivity index (χ3v) is 4.12. The Labute approximate surface area is 179 Å². The molecule has 0 atom stereocenters. The third-order valence-electron chi connectivity index (χ3n) is 3.80. The van der Waals surface area contributed by atoms with Gasteiger partial charge in [0.15, 0.2) is 11.6 Å². The molecule has 0 aliphatic carbocycles. The number of imide groups is 1. The second-order valence-electron chi connectivity index (χ2n) is 5.80. The van der Waals surface area contributed by atoms with Crippen LogP contribution in [0.5, 0.6) is 0 Å². The number of urea groups is 1. The van der Waals surface area contributed by atoms with Crippen LogP contribution in [0, 0.1) is 11.6 Å². The quantitative estimate of drug-likeness (QED) is 0.408. The minimum Gasteiger partial charge on any atom is -0.466 e. The Bertz CT molecular complexity index is 1090. The lowest BCUT2D eigenvalue weighted by Gasteiger charge is -2.11. The van der Waals surface area contributed by atoms with Gasteiger partial charge in [-0.25, -0.2) is 23.2 Å². The summed E-state index contributed by atoms with van der Waals surface area (Å²) in [5.74, 6) is -5.00. The SMILES string of the molecule is COC(=O)/C=C/c1cc(C(=O)OC)ccc1NC(=O)NC(=O)c1cc(F)c(F)cc1Cl. The maximum Gasteiger partial charge on any atom is 0.337 e. The van der Waals surface area contributed by atoms with Gasteiger partial charge in [-0.05, 0) is 42.0 Å². The fraction of sp³-hybridized carbons (Fsp3) is 0.100. The Kier molecular flexibility index (Phi) is 7.81. The van der Waals surface area contributed by atoms with Crippen molar-refractivity contribution in [1.82, 2.24) is 5.32 Å². The molecule has 2 N–H and O–H groups in total. The van der Waals surface area contributed by atoms with E-state index in [0.717, 1.165) is 6.08 Å². The second kappa shape index (κ2) is 10.3. The highest BCUT2D eigenvalue weighted by molar-refractivity contribution is 6.34. The molecule has 0 aliphatic heterocycles. The van der Waals surface area contributed by atoms with Gasteiger partial charge in [-0.1, -0.05) is 11.6 Å². The molecule has 3 amide bonds. The third kappa shape index (κ3) is 6.09. The molecule has 0 bridgehead atoms. The highest BCUT2D eigenvalue weighted by Gasteiger charge is 2.18. The first-order chi connectivity index (χ1) is 14.7. The van der Waals surface area contributed by atoms with E-state index in [4.69, 9.17) is 11.6 Å². The number of halogens is 3. The van der Waals surface area contributed by atoms with Crippen molar-refractivity contribution in [3.05, 3.63) is 69.8 Å². The number of rotatable bonds is 5. The zero-order chi connectivity index (χ0) is 23.1. The van der Waals surface area contributed by atoms with Crippen LogP contribution >= 0.6 is 11.6 Å². The van der Waals surface area contributed by atoms with Crippen LogP contribution < -0.4 is 10.6 Å². The van der Waals surface area contributed by atoms with E-state index in [-0.39, 0.29) is 16.8 Å². The monoisotopic (exact) mass is 452 g/mol. The lowest BCUT2D eigenvalue weighted by molar-refractivity contribution is -0.134. The van der Waals surface area contributed by atoms with Crippen molar-refractivity contribution in [3.63, 3.8) is 0 Å². The Morgan fingerprint density at radius 3 is 2.32 bits per heavy atom. The number of anilines is 1. The number of amides is 3. The topological polar surface area (TPSA) is 111 Å². The summed E-state index contributed by atoms with van der Waals surface area (Å²) in [5.41, 5.74) is -0.0126. The molecule has 2 aromatic rings. The summed E-state index contributed by atoms with van der Waals surface area (Å²) in [5, 5.41) is 3.86. The van der Waals surface area contributed by atoms with E-state index < -0.39 is 46.1 Å². The smallest absolute Gasteiger partial charge is 0.337 e. The molecule has 31 heavy (non-hydrogen) atoms. The fourth-order valence-corrected chi connectivity index (χ4v) is 2.54. The van der Waals surface area contributed by atoms with Gasteiger partial charge in [0.25, 0.3) is 5.91 Å². The van der Waals surface area contributed by atoms with Gasteiger partial charge >= 0.3 is 18.0 Å². The summed E-state index contributed by atoms with van der Waals surface area (Å²) < 4.78 is 35.6. The van der Waals surface area contributed by atoms with Crippen molar-refractivity contribution in [1.29, 1.82) is 0 Å². The van der Waals surface area contributed by atoms with Crippen molar-refractivity contribution < 1.29 is 37.4 Å². The molecule has 0 fully saturated rings. The molecule has 0 aromatic heterocycles. The summed E-state index contributed by atoms with van der Waals surface area (Å²) in [6.07, 6.45) is 2.31. The minimum atomic E-state index is -1.32. The lowest BCUT2D eigenvalue weighted by Crippen LogP contribution is -2.34. The highest BCUT2D eigenvalue weighted by atomic mass is 35.5. The van der Waals surface area contributed by atoms with E-state index in [2.05, 4.69) is 14.8 Å². The number of methoxy groups -OCH3 is 2. The second-order valence-corrected chi connectivity index (χ2v) is 6.21. The van der Waals surface area contributed by atoms with Gasteiger partial charge < -0.3 is 14.8 Å². The van der Waals surface area contributed by atoms with E-state index >= 15 is 0 Å². The number of ether oxygens (including phenoxy) is 2. The molecule has 0 saturated carbocycles. The molecule has 0 saturated heterocycles. The van der Waals surface area contributed by atoms with E-state index in [0.29, 0.717) is 12.1 Å². The molecule has 0 spiro atoms. The van der Waals surface area contributed by atoms with Gasteiger partial charge in [-0.15, -0.1) is 0 Å². The Hall–Kier alpha value is -3.79. The lowest BCUT2D eigenvalue weighted by atomic mass is 10.1. The Balaban J connectivity index is 2.25. The molecular weight excluding hydrogens is 438 g/mol. The van der Waals surface area contributed by atoms with Crippen LogP contribution in [0.25, 0.3) is 6.08 Å². The number of esters is 2. The molecule has 2 aromatic carbocycles. The summed E-state index contributed by atoms with van der Waals surface area (Å²) in [4.78, 5) is 47.5. The number of hydrogen-bond acceptors (Lipinski definition) is 6. The fourth-order valence-electron chi connectivity index (χ4n) is 2.31. The first-order valence-corrected chi connectivity index (χ1v) is 8.79. The number of nitrogens with one attached hydrogen (secondary N) is 2. The van der Waals surface area contributed by atoms with Crippen LogP contribution in [-0.4, -0.2) is 38.1 Å². The molecular formula is C20H15ClF2N2O6. The number of hydrogen-bond donors (Lipinski definition) is 2. The van der Waals surface area contributed by atoms with Gasteiger partial charge in [-0.3, -0.25) is 10.1 Å². The summed E-state index contributed by atoms with van der Waals surface area (Å²) >= 11 is 5.71. The molecule has 8 nitrogen and oxygen atoms in total. The first kappa shape index (κ1) is 23.5.